The Bertz CT molecular complexity index is 1070. The maximum Gasteiger partial charge on any atom is 0.246 e. The molecule has 0 radical (unpaired) electrons. The molecule has 2 saturated heterocycles. The largest absolute Gasteiger partial charge is 0.493 e. The summed E-state index contributed by atoms with van der Waals surface area (Å²) in [5.74, 6) is 3.31. The van der Waals surface area contributed by atoms with E-state index in [1.54, 1.807) is 33.5 Å². The Morgan fingerprint density at radius 2 is 1.44 bits per heavy atom. The summed E-state index contributed by atoms with van der Waals surface area (Å²) < 4.78 is 16.2. The van der Waals surface area contributed by atoms with Gasteiger partial charge in [0, 0.05) is 70.2 Å². The number of carbonyl (C=O) groups excluding carboxylic acids is 1. The summed E-state index contributed by atoms with van der Waals surface area (Å²) in [6, 6.07) is 5.69. The lowest BCUT2D eigenvalue weighted by Crippen LogP contribution is -2.49. The Hall–Kier alpha value is -3.53. The highest BCUT2D eigenvalue weighted by Gasteiger charge is 2.23. The highest BCUT2D eigenvalue weighted by atomic mass is 16.5. The molecule has 0 N–H and O–H groups in total. The average Bonchev–Trinajstić information content (AvgIpc) is 2.91. The van der Waals surface area contributed by atoms with Crippen molar-refractivity contribution in [2.75, 3.05) is 90.5 Å². The molecule has 0 spiro atoms. The number of nitrogens with zero attached hydrogens (tertiary/aromatic N) is 6. The molecule has 2 aromatic rings. The fourth-order valence-corrected chi connectivity index (χ4v) is 4.47. The Morgan fingerprint density at radius 3 is 2.03 bits per heavy atom. The van der Waals surface area contributed by atoms with Crippen molar-refractivity contribution < 1.29 is 19.0 Å². The maximum atomic E-state index is 12.9. The zero-order valence-corrected chi connectivity index (χ0v) is 21.9. The van der Waals surface area contributed by atoms with E-state index in [0.29, 0.717) is 43.4 Å². The van der Waals surface area contributed by atoms with Crippen LogP contribution in [0.3, 0.4) is 0 Å². The second-order valence-corrected chi connectivity index (χ2v) is 9.06. The van der Waals surface area contributed by atoms with Gasteiger partial charge in [0.1, 0.15) is 5.82 Å². The van der Waals surface area contributed by atoms with Crippen molar-refractivity contribution in [1.29, 1.82) is 0 Å². The predicted molar refractivity (Wildman–Crippen MR) is 140 cm³/mol. The SMILES string of the molecule is COc1cc(/C=C/C(=O)N2CCN(c3nc(C)cc(N4CCN(C)CC4)n3)CC2)cc(OC)c1OC. The van der Waals surface area contributed by atoms with E-state index in [0.717, 1.165) is 49.2 Å². The van der Waals surface area contributed by atoms with Gasteiger partial charge in [-0.2, -0.15) is 4.98 Å². The smallest absolute Gasteiger partial charge is 0.246 e. The van der Waals surface area contributed by atoms with Crippen molar-refractivity contribution in [2.24, 2.45) is 0 Å². The maximum absolute atomic E-state index is 12.9. The summed E-state index contributed by atoms with van der Waals surface area (Å²) in [4.78, 5) is 31.1. The van der Waals surface area contributed by atoms with Crippen molar-refractivity contribution in [1.82, 2.24) is 19.8 Å². The van der Waals surface area contributed by atoms with Gasteiger partial charge in [-0.3, -0.25) is 4.79 Å². The summed E-state index contributed by atoms with van der Waals surface area (Å²) in [5, 5.41) is 0. The molecule has 10 nitrogen and oxygen atoms in total. The van der Waals surface area contributed by atoms with Gasteiger partial charge in [0.15, 0.2) is 11.5 Å². The van der Waals surface area contributed by atoms with Crippen LogP contribution < -0.4 is 24.0 Å². The lowest BCUT2D eigenvalue weighted by Gasteiger charge is -2.36. The molecule has 2 fully saturated rings. The van der Waals surface area contributed by atoms with Gasteiger partial charge < -0.3 is 33.8 Å². The van der Waals surface area contributed by atoms with E-state index in [-0.39, 0.29) is 5.91 Å². The lowest BCUT2D eigenvalue weighted by atomic mass is 10.1. The topological polar surface area (TPSA) is 83.5 Å². The molecule has 10 heteroatoms. The van der Waals surface area contributed by atoms with E-state index in [1.807, 2.05) is 24.0 Å². The Morgan fingerprint density at radius 1 is 0.833 bits per heavy atom. The third-order valence-corrected chi connectivity index (χ3v) is 6.64. The summed E-state index contributed by atoms with van der Waals surface area (Å²) in [5.41, 5.74) is 1.75. The van der Waals surface area contributed by atoms with Crippen LogP contribution in [0.5, 0.6) is 17.2 Å². The minimum absolute atomic E-state index is 0.0355. The lowest BCUT2D eigenvalue weighted by molar-refractivity contribution is -0.126. The molecule has 194 valence electrons. The number of piperazine rings is 2. The van der Waals surface area contributed by atoms with Crippen LogP contribution in [0.1, 0.15) is 11.3 Å². The van der Waals surface area contributed by atoms with Crippen LogP contribution in [-0.4, -0.2) is 106 Å². The molecule has 1 aromatic heterocycles. The number of ether oxygens (including phenoxy) is 3. The number of hydrogen-bond acceptors (Lipinski definition) is 9. The number of anilines is 2. The first-order valence-electron chi connectivity index (χ1n) is 12.2. The van der Waals surface area contributed by atoms with E-state index in [2.05, 4.69) is 32.8 Å². The minimum atomic E-state index is -0.0355. The molecular formula is C26H36N6O4. The zero-order chi connectivity index (χ0) is 25.7. The average molecular weight is 497 g/mol. The van der Waals surface area contributed by atoms with Crippen molar-refractivity contribution in [3.63, 3.8) is 0 Å². The second-order valence-electron chi connectivity index (χ2n) is 9.06. The predicted octanol–water partition coefficient (Wildman–Crippen LogP) is 1.92. The third-order valence-electron chi connectivity index (χ3n) is 6.64. The second kappa shape index (κ2) is 11.5. The molecule has 0 aliphatic carbocycles. The fourth-order valence-electron chi connectivity index (χ4n) is 4.47. The number of benzene rings is 1. The van der Waals surface area contributed by atoms with Crippen LogP contribution >= 0.6 is 0 Å². The number of hydrogen-bond donors (Lipinski definition) is 0. The first kappa shape index (κ1) is 25.6. The van der Waals surface area contributed by atoms with Gasteiger partial charge in [-0.05, 0) is 37.7 Å². The fraction of sp³-hybridized carbons (Fsp3) is 0.500. The van der Waals surface area contributed by atoms with Crippen molar-refractivity contribution >= 4 is 23.7 Å². The van der Waals surface area contributed by atoms with Crippen molar-refractivity contribution in [2.45, 2.75) is 6.92 Å². The quantitative estimate of drug-likeness (QED) is 0.534. The highest BCUT2D eigenvalue weighted by Crippen LogP contribution is 2.38. The summed E-state index contributed by atoms with van der Waals surface area (Å²) >= 11 is 0. The summed E-state index contributed by atoms with van der Waals surface area (Å²) in [6.45, 7) is 8.61. The van der Waals surface area contributed by atoms with Crippen LogP contribution in [-0.2, 0) is 4.79 Å². The Labute approximate surface area is 213 Å². The van der Waals surface area contributed by atoms with E-state index in [1.165, 1.54) is 0 Å². The van der Waals surface area contributed by atoms with Crippen molar-refractivity contribution in [3.05, 3.63) is 35.5 Å². The number of aromatic nitrogens is 2. The highest BCUT2D eigenvalue weighted by molar-refractivity contribution is 5.92. The number of methoxy groups -OCH3 is 3. The van der Waals surface area contributed by atoms with Gasteiger partial charge in [0.25, 0.3) is 0 Å². The molecular weight excluding hydrogens is 460 g/mol. The van der Waals surface area contributed by atoms with Gasteiger partial charge in [0.05, 0.1) is 21.3 Å². The van der Waals surface area contributed by atoms with Crippen LogP contribution in [0, 0.1) is 6.92 Å². The van der Waals surface area contributed by atoms with Gasteiger partial charge in [0.2, 0.25) is 17.6 Å². The molecule has 0 atom stereocenters. The molecule has 36 heavy (non-hydrogen) atoms. The van der Waals surface area contributed by atoms with E-state index in [4.69, 9.17) is 19.2 Å². The molecule has 2 aliphatic heterocycles. The van der Waals surface area contributed by atoms with E-state index in [9.17, 15) is 4.79 Å². The van der Waals surface area contributed by atoms with Gasteiger partial charge >= 0.3 is 0 Å². The summed E-state index contributed by atoms with van der Waals surface area (Å²) in [7, 11) is 6.85. The standard InChI is InChI=1S/C26H36N6O4/c1-19-16-23(30-10-8-29(2)9-11-30)28-26(27-19)32-14-12-31(13-15-32)24(33)7-6-20-17-21(34-3)25(36-5)22(18-20)35-4/h6-7,16-18H,8-15H2,1-5H3/b7-6+. The Balaban J connectivity index is 1.38. The van der Waals surface area contributed by atoms with Gasteiger partial charge in [-0.25, -0.2) is 4.98 Å². The van der Waals surface area contributed by atoms with Crippen LogP contribution in [0.25, 0.3) is 6.08 Å². The molecule has 2 aliphatic rings. The molecule has 3 heterocycles. The van der Waals surface area contributed by atoms with Crippen molar-refractivity contribution in [3.8, 4) is 17.2 Å². The number of aryl methyl sites for hydroxylation is 1. The van der Waals surface area contributed by atoms with Gasteiger partial charge in [-0.1, -0.05) is 0 Å². The van der Waals surface area contributed by atoms with E-state index >= 15 is 0 Å². The summed E-state index contributed by atoms with van der Waals surface area (Å²) in [6.07, 6.45) is 3.36. The molecule has 0 unspecified atom stereocenters. The molecule has 0 bridgehead atoms. The molecule has 1 aromatic carbocycles. The van der Waals surface area contributed by atoms with E-state index < -0.39 is 0 Å². The zero-order valence-electron chi connectivity index (χ0n) is 21.9. The minimum Gasteiger partial charge on any atom is -0.493 e. The third kappa shape index (κ3) is 5.81. The monoisotopic (exact) mass is 496 g/mol. The molecule has 4 rings (SSSR count). The number of likely N-dealkylation sites (N-methyl/N-ethyl adjacent to an activating group) is 1. The number of carbonyl (C=O) groups is 1. The first-order valence-corrected chi connectivity index (χ1v) is 12.2. The van der Waals surface area contributed by atoms with Crippen LogP contribution in [0.2, 0.25) is 0 Å². The number of amides is 1. The first-order chi connectivity index (χ1) is 17.4. The van der Waals surface area contributed by atoms with Crippen LogP contribution in [0.15, 0.2) is 24.3 Å². The van der Waals surface area contributed by atoms with Gasteiger partial charge in [-0.15, -0.1) is 0 Å². The van der Waals surface area contributed by atoms with Crippen LogP contribution in [0.4, 0.5) is 11.8 Å². The number of rotatable bonds is 7. The molecule has 1 amide bonds. The Kier molecular flexibility index (Phi) is 8.14. The normalized spacial score (nSPS) is 17.0. The molecule has 0 saturated carbocycles.